The Morgan fingerprint density at radius 1 is 1.06 bits per heavy atom. The van der Waals surface area contributed by atoms with Crippen LogP contribution in [0.15, 0.2) is 42.6 Å². The predicted octanol–water partition coefficient (Wildman–Crippen LogP) is 4.04. The van der Waals surface area contributed by atoms with Gasteiger partial charge in [0.15, 0.2) is 5.82 Å². The van der Waals surface area contributed by atoms with E-state index in [2.05, 4.69) is 30.2 Å². The average Bonchev–Trinajstić information content (AvgIpc) is 2.92. The van der Waals surface area contributed by atoms with Crippen molar-refractivity contribution in [3.8, 4) is 0 Å². The van der Waals surface area contributed by atoms with E-state index in [9.17, 15) is 4.39 Å². The highest BCUT2D eigenvalue weighted by atomic mass is 32.2. The Kier molecular flexibility index (Phi) is 8.86. The molecule has 2 aliphatic heterocycles. The van der Waals surface area contributed by atoms with Crippen LogP contribution in [0.1, 0.15) is 43.6 Å². The first-order chi connectivity index (χ1) is 17.2. The first-order valence-electron chi connectivity index (χ1n) is 12.9. The molecule has 3 fully saturated rings. The van der Waals surface area contributed by atoms with Crippen LogP contribution in [0.25, 0.3) is 0 Å². The largest absolute Gasteiger partial charge is 0.379 e. The van der Waals surface area contributed by atoms with Crippen LogP contribution < -0.4 is 9.62 Å². The van der Waals surface area contributed by atoms with Gasteiger partial charge in [0.2, 0.25) is 0 Å². The number of aromatic nitrogens is 2. The Labute approximate surface area is 212 Å². The van der Waals surface area contributed by atoms with Crippen molar-refractivity contribution < 1.29 is 13.9 Å². The highest BCUT2D eigenvalue weighted by Crippen LogP contribution is 2.35. The molecule has 0 spiro atoms. The molecule has 35 heavy (non-hydrogen) atoms. The Bertz CT molecular complexity index is 912. The molecule has 0 radical (unpaired) electrons. The Balaban J connectivity index is 1.15. The van der Waals surface area contributed by atoms with E-state index >= 15 is 0 Å². The molecule has 0 bridgehead atoms. The maximum absolute atomic E-state index is 13.6. The molecule has 0 amide bonds. The minimum absolute atomic E-state index is 0.140. The number of nitrogens with zero attached hydrogens (tertiary/aromatic N) is 4. The average molecular weight is 502 g/mol. The van der Waals surface area contributed by atoms with Gasteiger partial charge in [-0.15, -0.1) is 5.10 Å². The fourth-order valence-corrected chi connectivity index (χ4v) is 6.32. The fourth-order valence-electron chi connectivity index (χ4n) is 5.39. The second-order valence-corrected chi connectivity index (χ2v) is 10.7. The van der Waals surface area contributed by atoms with E-state index < -0.39 is 0 Å². The third kappa shape index (κ3) is 6.92. The minimum Gasteiger partial charge on any atom is -0.379 e. The SMILES string of the molecule is Fc1cccc(C2CCC(OCC3CN(c4cccnn4)CCC3NSN3CCOCC3)CC2)c1. The number of rotatable bonds is 8. The summed E-state index contributed by atoms with van der Waals surface area (Å²) in [6.07, 6.45) is 7.20. The van der Waals surface area contributed by atoms with Gasteiger partial charge < -0.3 is 14.4 Å². The third-order valence-corrected chi connectivity index (χ3v) is 8.49. The second kappa shape index (κ2) is 12.5. The molecule has 2 unspecified atom stereocenters. The molecule has 5 rings (SSSR count). The normalized spacial score (nSPS) is 28.2. The lowest BCUT2D eigenvalue weighted by Gasteiger charge is -2.40. The molecule has 1 aliphatic carbocycles. The summed E-state index contributed by atoms with van der Waals surface area (Å²) in [5.74, 6) is 1.60. The minimum atomic E-state index is -0.140. The first kappa shape index (κ1) is 24.9. The molecule has 2 aromatic rings. The number of benzene rings is 1. The number of morpholine rings is 1. The van der Waals surface area contributed by atoms with Crippen LogP contribution >= 0.6 is 12.1 Å². The van der Waals surface area contributed by atoms with Crippen LogP contribution in [-0.2, 0) is 9.47 Å². The zero-order chi connectivity index (χ0) is 23.9. The van der Waals surface area contributed by atoms with Crippen molar-refractivity contribution in [2.24, 2.45) is 5.92 Å². The van der Waals surface area contributed by atoms with E-state index in [0.29, 0.717) is 17.9 Å². The summed E-state index contributed by atoms with van der Waals surface area (Å²) in [6, 6.07) is 11.4. The molecule has 7 nitrogen and oxygen atoms in total. The molecule has 2 saturated heterocycles. The number of anilines is 1. The molecule has 1 saturated carbocycles. The topological polar surface area (TPSA) is 62.8 Å². The summed E-state index contributed by atoms with van der Waals surface area (Å²) >= 11 is 1.74. The Morgan fingerprint density at radius 2 is 1.91 bits per heavy atom. The van der Waals surface area contributed by atoms with Crippen LogP contribution in [0, 0.1) is 11.7 Å². The number of hydrogen-bond acceptors (Lipinski definition) is 8. The van der Waals surface area contributed by atoms with E-state index in [1.54, 1.807) is 24.4 Å². The van der Waals surface area contributed by atoms with Gasteiger partial charge in [0, 0.05) is 56.5 Å². The van der Waals surface area contributed by atoms with Crippen molar-refractivity contribution in [1.82, 2.24) is 19.2 Å². The van der Waals surface area contributed by atoms with E-state index in [4.69, 9.17) is 9.47 Å². The van der Waals surface area contributed by atoms with Gasteiger partial charge in [-0.3, -0.25) is 0 Å². The molecule has 190 valence electrons. The lowest BCUT2D eigenvalue weighted by atomic mass is 9.82. The summed E-state index contributed by atoms with van der Waals surface area (Å²) in [4.78, 5) is 2.33. The maximum Gasteiger partial charge on any atom is 0.151 e. The van der Waals surface area contributed by atoms with E-state index in [0.717, 1.165) is 89.5 Å². The molecule has 3 aliphatic rings. The van der Waals surface area contributed by atoms with Gasteiger partial charge in [-0.1, -0.05) is 12.1 Å². The molecule has 1 N–H and O–H groups in total. The molecule has 9 heteroatoms. The Hall–Kier alpha value is -1.78. The van der Waals surface area contributed by atoms with E-state index in [1.165, 1.54) is 6.07 Å². The van der Waals surface area contributed by atoms with Gasteiger partial charge >= 0.3 is 0 Å². The predicted molar refractivity (Wildman–Crippen MR) is 137 cm³/mol. The summed E-state index contributed by atoms with van der Waals surface area (Å²) in [7, 11) is 0. The summed E-state index contributed by atoms with van der Waals surface area (Å²) in [6.45, 7) is 6.08. The highest BCUT2D eigenvalue weighted by Gasteiger charge is 2.32. The van der Waals surface area contributed by atoms with Crippen LogP contribution in [0.5, 0.6) is 0 Å². The van der Waals surface area contributed by atoms with Crippen LogP contribution in [-0.4, -0.2) is 72.6 Å². The molecular formula is C26H36FN5O2S. The lowest BCUT2D eigenvalue weighted by Crippen LogP contribution is -2.51. The maximum atomic E-state index is 13.6. The van der Waals surface area contributed by atoms with Crippen molar-refractivity contribution in [2.75, 3.05) is 50.9 Å². The number of halogens is 1. The number of piperidine rings is 1. The van der Waals surface area contributed by atoms with E-state index in [1.807, 2.05) is 18.2 Å². The summed E-state index contributed by atoms with van der Waals surface area (Å²) < 4.78 is 31.7. The second-order valence-electron chi connectivity index (χ2n) is 9.80. The molecular weight excluding hydrogens is 465 g/mol. The zero-order valence-electron chi connectivity index (χ0n) is 20.2. The van der Waals surface area contributed by atoms with Crippen LogP contribution in [0.3, 0.4) is 0 Å². The lowest BCUT2D eigenvalue weighted by molar-refractivity contribution is -0.00212. The number of nitrogens with one attached hydrogen (secondary N) is 1. The number of ether oxygens (including phenoxy) is 2. The van der Waals surface area contributed by atoms with Gasteiger partial charge in [-0.25, -0.2) is 13.4 Å². The van der Waals surface area contributed by atoms with Gasteiger partial charge in [-0.05, 0) is 67.9 Å². The van der Waals surface area contributed by atoms with Gasteiger partial charge in [0.05, 0.1) is 25.9 Å². The standard InChI is InChI=1S/C26H36FN5O2S/c27-23-4-1-3-21(17-23)20-6-8-24(9-7-20)34-19-22-18-31(26-5-2-11-28-29-26)12-10-25(22)30-35-32-13-15-33-16-14-32/h1-5,11,17,20,22,24-25,30H,6-10,12-16,18-19H2. The molecule has 2 atom stereocenters. The highest BCUT2D eigenvalue weighted by molar-refractivity contribution is 7.95. The van der Waals surface area contributed by atoms with Crippen molar-refractivity contribution in [3.63, 3.8) is 0 Å². The molecule has 3 heterocycles. The van der Waals surface area contributed by atoms with Crippen LogP contribution in [0.2, 0.25) is 0 Å². The van der Waals surface area contributed by atoms with Crippen molar-refractivity contribution in [1.29, 1.82) is 0 Å². The smallest absolute Gasteiger partial charge is 0.151 e. The summed E-state index contributed by atoms with van der Waals surface area (Å²) in [5.41, 5.74) is 1.12. The van der Waals surface area contributed by atoms with Gasteiger partial charge in [0.25, 0.3) is 0 Å². The first-order valence-corrected chi connectivity index (χ1v) is 13.7. The molecule has 1 aromatic heterocycles. The third-order valence-electron chi connectivity index (χ3n) is 7.46. The van der Waals surface area contributed by atoms with Crippen molar-refractivity contribution in [3.05, 3.63) is 54.0 Å². The number of hydrogen-bond donors (Lipinski definition) is 1. The van der Waals surface area contributed by atoms with Crippen molar-refractivity contribution >= 4 is 18.0 Å². The van der Waals surface area contributed by atoms with E-state index in [-0.39, 0.29) is 11.9 Å². The fraction of sp³-hybridized carbons (Fsp3) is 0.615. The van der Waals surface area contributed by atoms with Gasteiger partial charge in [0.1, 0.15) is 5.82 Å². The summed E-state index contributed by atoms with van der Waals surface area (Å²) in [5, 5.41) is 8.41. The quantitative estimate of drug-likeness (QED) is 0.544. The zero-order valence-corrected chi connectivity index (χ0v) is 21.0. The van der Waals surface area contributed by atoms with Gasteiger partial charge in [-0.2, -0.15) is 5.10 Å². The Morgan fingerprint density at radius 3 is 2.69 bits per heavy atom. The monoisotopic (exact) mass is 501 g/mol. The van der Waals surface area contributed by atoms with Crippen molar-refractivity contribution in [2.45, 2.75) is 50.2 Å². The molecule has 1 aromatic carbocycles. The van der Waals surface area contributed by atoms with Crippen LogP contribution in [0.4, 0.5) is 10.2 Å².